The number of carbonyl (C=O) groups is 2. The molecule has 0 radical (unpaired) electrons. The number of hydrogen-bond acceptors (Lipinski definition) is 9. The summed E-state index contributed by atoms with van der Waals surface area (Å²) >= 11 is 10.1. The van der Waals surface area contributed by atoms with Gasteiger partial charge >= 0.3 is 0 Å². The van der Waals surface area contributed by atoms with Gasteiger partial charge in [0.1, 0.15) is 11.4 Å². The van der Waals surface area contributed by atoms with Crippen LogP contribution in [0.15, 0.2) is 66.7 Å². The number of pyridine rings is 1. The first-order chi connectivity index (χ1) is 18.1. The molecule has 0 bridgehead atoms. The van der Waals surface area contributed by atoms with E-state index in [2.05, 4.69) is 37.3 Å². The molecule has 0 spiro atoms. The molecule has 0 fully saturated rings. The standard InChI is InChI=1S/C21H17N9O6S2/c31-18(25-27-20(37)22-12-4-8-14(9-5-12)29(33)34)16-2-1-3-17(24-16)19(32)26-28-21(38)23-13-6-10-15(11-7-13)30(35)36/h1-11H,(H,25,31)(H,26,32)(H2,22,27,37)(H2,23,28,38). The Labute approximate surface area is 224 Å². The van der Waals surface area contributed by atoms with Gasteiger partial charge in [0.05, 0.1) is 9.85 Å². The van der Waals surface area contributed by atoms with Gasteiger partial charge in [-0.15, -0.1) is 0 Å². The van der Waals surface area contributed by atoms with Crippen LogP contribution in [-0.4, -0.2) is 36.9 Å². The minimum absolute atomic E-state index is 0.000616. The molecule has 1 aromatic heterocycles. The van der Waals surface area contributed by atoms with Gasteiger partial charge in [0.2, 0.25) is 0 Å². The maximum absolute atomic E-state index is 12.4. The van der Waals surface area contributed by atoms with Crippen molar-refractivity contribution < 1.29 is 19.4 Å². The molecule has 0 saturated carbocycles. The van der Waals surface area contributed by atoms with Crippen LogP contribution in [0.3, 0.4) is 0 Å². The first-order valence-electron chi connectivity index (χ1n) is 10.3. The Morgan fingerprint density at radius 1 is 0.632 bits per heavy atom. The molecule has 0 unspecified atom stereocenters. The second-order valence-corrected chi connectivity index (χ2v) is 7.90. The van der Waals surface area contributed by atoms with E-state index < -0.39 is 21.7 Å². The average molecular weight is 556 g/mol. The second-order valence-electron chi connectivity index (χ2n) is 7.08. The fourth-order valence-electron chi connectivity index (χ4n) is 2.70. The number of benzene rings is 2. The van der Waals surface area contributed by atoms with Crippen LogP contribution in [-0.2, 0) is 0 Å². The number of hydrazine groups is 2. The largest absolute Gasteiger partial charge is 0.331 e. The Morgan fingerprint density at radius 2 is 1.00 bits per heavy atom. The van der Waals surface area contributed by atoms with Crippen molar-refractivity contribution in [2.75, 3.05) is 10.6 Å². The van der Waals surface area contributed by atoms with Crippen molar-refractivity contribution in [1.82, 2.24) is 26.7 Å². The summed E-state index contributed by atoms with van der Waals surface area (Å²) in [5, 5.41) is 26.9. The normalized spacial score (nSPS) is 9.89. The number of amides is 2. The Hall–Kier alpha value is -5.29. The Bertz CT molecular complexity index is 1300. The summed E-state index contributed by atoms with van der Waals surface area (Å²) in [6, 6.07) is 15.1. The number of nitro groups is 2. The van der Waals surface area contributed by atoms with Crippen LogP contribution in [0.4, 0.5) is 22.7 Å². The van der Waals surface area contributed by atoms with Gasteiger partial charge in [-0.1, -0.05) is 6.07 Å². The van der Waals surface area contributed by atoms with E-state index in [0.717, 1.165) is 0 Å². The highest BCUT2D eigenvalue weighted by atomic mass is 32.1. The molecular formula is C21H17N9O6S2. The van der Waals surface area contributed by atoms with Gasteiger partial charge in [-0.2, -0.15) is 0 Å². The SMILES string of the molecule is O=C(NNC(=S)Nc1ccc([N+](=O)[O-])cc1)c1cccc(C(=O)NNC(=S)Nc2ccc([N+](=O)[O-])cc2)n1. The maximum Gasteiger partial charge on any atom is 0.288 e. The van der Waals surface area contributed by atoms with E-state index in [0.29, 0.717) is 11.4 Å². The molecule has 1 heterocycles. The summed E-state index contributed by atoms with van der Waals surface area (Å²) in [4.78, 5) is 49.2. The summed E-state index contributed by atoms with van der Waals surface area (Å²) in [5.74, 6) is -1.40. The molecule has 2 aromatic carbocycles. The van der Waals surface area contributed by atoms with Gasteiger partial charge < -0.3 is 10.6 Å². The lowest BCUT2D eigenvalue weighted by atomic mass is 10.3. The zero-order chi connectivity index (χ0) is 27.7. The molecule has 3 rings (SSSR count). The van der Waals surface area contributed by atoms with Crippen molar-refractivity contribution in [1.29, 1.82) is 0 Å². The number of aromatic nitrogens is 1. The number of thiocarbonyl (C=S) groups is 2. The fraction of sp³-hybridized carbons (Fsp3) is 0. The lowest BCUT2D eigenvalue weighted by Crippen LogP contribution is -2.45. The number of nitro benzene ring substituents is 2. The lowest BCUT2D eigenvalue weighted by molar-refractivity contribution is -0.385. The van der Waals surface area contributed by atoms with E-state index in [4.69, 9.17) is 24.4 Å². The maximum atomic E-state index is 12.4. The van der Waals surface area contributed by atoms with Gasteiger partial charge in [-0.05, 0) is 60.8 Å². The minimum Gasteiger partial charge on any atom is -0.331 e. The van der Waals surface area contributed by atoms with E-state index >= 15 is 0 Å². The molecule has 15 nitrogen and oxygen atoms in total. The molecule has 0 aliphatic heterocycles. The molecule has 6 N–H and O–H groups in total. The number of anilines is 2. The van der Waals surface area contributed by atoms with E-state index in [1.807, 2.05) is 0 Å². The number of non-ortho nitro benzene ring substituents is 2. The van der Waals surface area contributed by atoms with Crippen molar-refractivity contribution in [3.63, 3.8) is 0 Å². The third-order valence-corrected chi connectivity index (χ3v) is 4.87. The third kappa shape index (κ3) is 7.86. The summed E-state index contributed by atoms with van der Waals surface area (Å²) in [6.07, 6.45) is 0. The first kappa shape index (κ1) is 27.3. The van der Waals surface area contributed by atoms with Gasteiger partial charge in [0.15, 0.2) is 10.2 Å². The van der Waals surface area contributed by atoms with Crippen LogP contribution in [0.25, 0.3) is 0 Å². The summed E-state index contributed by atoms with van der Waals surface area (Å²) in [5.41, 5.74) is 10.1. The molecule has 0 saturated heterocycles. The molecule has 0 aliphatic carbocycles. The Kier molecular flexibility index (Phi) is 9.06. The summed E-state index contributed by atoms with van der Waals surface area (Å²) < 4.78 is 0. The highest BCUT2D eigenvalue weighted by Gasteiger charge is 2.13. The zero-order valence-corrected chi connectivity index (χ0v) is 20.6. The van der Waals surface area contributed by atoms with Gasteiger partial charge in [0, 0.05) is 35.6 Å². The number of nitrogens with one attached hydrogen (secondary N) is 6. The Morgan fingerprint density at radius 3 is 1.34 bits per heavy atom. The lowest BCUT2D eigenvalue weighted by Gasteiger charge is -2.12. The van der Waals surface area contributed by atoms with E-state index in [-0.39, 0.29) is 33.0 Å². The van der Waals surface area contributed by atoms with Gasteiger partial charge in [-0.25, -0.2) is 4.98 Å². The molecule has 2 amide bonds. The van der Waals surface area contributed by atoms with Crippen LogP contribution >= 0.6 is 24.4 Å². The zero-order valence-electron chi connectivity index (χ0n) is 19.0. The molecular weight excluding hydrogens is 538 g/mol. The van der Waals surface area contributed by atoms with E-state index in [9.17, 15) is 29.8 Å². The van der Waals surface area contributed by atoms with Crippen molar-refractivity contribution in [2.24, 2.45) is 0 Å². The van der Waals surface area contributed by atoms with Gasteiger partial charge in [0.25, 0.3) is 23.2 Å². The number of rotatable bonds is 6. The van der Waals surface area contributed by atoms with Crippen molar-refractivity contribution >= 4 is 69.2 Å². The average Bonchev–Trinajstić information content (AvgIpc) is 2.91. The molecule has 194 valence electrons. The van der Waals surface area contributed by atoms with E-state index in [1.165, 1.54) is 66.7 Å². The molecule has 0 atom stereocenters. The van der Waals surface area contributed by atoms with E-state index in [1.54, 1.807) is 0 Å². The molecule has 3 aromatic rings. The quantitative estimate of drug-likeness (QED) is 0.147. The summed E-state index contributed by atoms with van der Waals surface area (Å²) in [7, 11) is 0. The smallest absolute Gasteiger partial charge is 0.288 e. The van der Waals surface area contributed by atoms with Crippen LogP contribution in [0, 0.1) is 20.2 Å². The number of carbonyl (C=O) groups excluding carboxylic acids is 2. The Balaban J connectivity index is 1.48. The predicted molar refractivity (Wildman–Crippen MR) is 144 cm³/mol. The topological polar surface area (TPSA) is 205 Å². The van der Waals surface area contributed by atoms with Crippen molar-refractivity contribution in [3.05, 3.63) is 98.3 Å². The second kappa shape index (κ2) is 12.6. The van der Waals surface area contributed by atoms with Crippen molar-refractivity contribution in [2.45, 2.75) is 0 Å². The predicted octanol–water partition coefficient (Wildman–Crippen LogP) is 2.16. The van der Waals surface area contributed by atoms with Crippen LogP contribution in [0.2, 0.25) is 0 Å². The minimum atomic E-state index is -0.698. The monoisotopic (exact) mass is 555 g/mol. The fourth-order valence-corrected chi connectivity index (χ4v) is 3.04. The highest BCUT2D eigenvalue weighted by molar-refractivity contribution is 7.80. The van der Waals surface area contributed by atoms with Crippen LogP contribution in [0.5, 0.6) is 0 Å². The third-order valence-electron chi connectivity index (χ3n) is 4.47. The van der Waals surface area contributed by atoms with Crippen LogP contribution < -0.4 is 32.3 Å². The van der Waals surface area contributed by atoms with Crippen LogP contribution in [0.1, 0.15) is 21.0 Å². The number of hydrogen-bond donors (Lipinski definition) is 6. The summed E-state index contributed by atoms with van der Waals surface area (Å²) in [6.45, 7) is 0. The first-order valence-corrected chi connectivity index (χ1v) is 11.1. The molecule has 17 heteroatoms. The number of nitrogens with zero attached hydrogens (tertiary/aromatic N) is 3. The highest BCUT2D eigenvalue weighted by Crippen LogP contribution is 2.16. The van der Waals surface area contributed by atoms with Gasteiger partial charge in [-0.3, -0.25) is 51.5 Å². The molecule has 38 heavy (non-hydrogen) atoms. The molecule has 0 aliphatic rings. The van der Waals surface area contributed by atoms with Crippen molar-refractivity contribution in [3.8, 4) is 0 Å².